The van der Waals surface area contributed by atoms with E-state index >= 15 is 0 Å². The molecule has 0 saturated heterocycles. The summed E-state index contributed by atoms with van der Waals surface area (Å²) in [5.41, 5.74) is 0.974. The minimum absolute atomic E-state index is 0.143. The van der Waals surface area contributed by atoms with Gasteiger partial charge in [0.25, 0.3) is 0 Å². The highest BCUT2D eigenvalue weighted by Gasteiger charge is 2.23. The summed E-state index contributed by atoms with van der Waals surface area (Å²) < 4.78 is 30.6. The fourth-order valence-corrected chi connectivity index (χ4v) is 3.13. The molecule has 0 aliphatic carbocycles. The summed E-state index contributed by atoms with van der Waals surface area (Å²) >= 11 is 0. The smallest absolute Gasteiger partial charge is 0.321 e. The van der Waals surface area contributed by atoms with E-state index in [1.807, 2.05) is 30.3 Å². The Morgan fingerprint density at radius 3 is 2.57 bits per heavy atom. The Hall–Kier alpha value is -1.44. The molecule has 0 aliphatic rings. The first kappa shape index (κ1) is 17.6. The molecule has 0 heterocycles. The minimum atomic E-state index is -3.61. The zero-order valence-electron chi connectivity index (χ0n) is 12.0. The lowest BCUT2D eigenvalue weighted by molar-refractivity contribution is -0.139. The molecule has 118 valence electrons. The van der Waals surface area contributed by atoms with Crippen LogP contribution in [0.4, 0.5) is 0 Å². The summed E-state index contributed by atoms with van der Waals surface area (Å²) in [5.74, 6) is -1.31. The summed E-state index contributed by atoms with van der Waals surface area (Å²) in [6.45, 7) is 0.322. The van der Waals surface area contributed by atoms with Crippen molar-refractivity contribution in [1.29, 1.82) is 0 Å². The Labute approximate surface area is 125 Å². The second-order valence-corrected chi connectivity index (χ2v) is 6.57. The molecule has 6 nitrogen and oxygen atoms in total. The molecule has 1 aromatic carbocycles. The first-order valence-corrected chi connectivity index (χ1v) is 8.35. The van der Waals surface area contributed by atoms with E-state index < -0.39 is 22.0 Å². The van der Waals surface area contributed by atoms with Crippen molar-refractivity contribution in [2.75, 3.05) is 19.5 Å². The van der Waals surface area contributed by atoms with Crippen LogP contribution in [-0.4, -0.2) is 45.0 Å². The normalized spacial score (nSPS) is 13.0. The average Bonchev–Trinajstić information content (AvgIpc) is 2.44. The second kappa shape index (κ2) is 8.76. The lowest BCUT2D eigenvalue weighted by Crippen LogP contribution is -2.42. The number of sulfonamides is 1. The van der Waals surface area contributed by atoms with Crippen molar-refractivity contribution in [1.82, 2.24) is 4.72 Å². The van der Waals surface area contributed by atoms with Gasteiger partial charge in [0, 0.05) is 13.7 Å². The Balaban J connectivity index is 2.55. The average molecular weight is 315 g/mol. The first-order chi connectivity index (χ1) is 9.94. The molecule has 1 rings (SSSR count). The molecular formula is C14H21NO5S. The lowest BCUT2D eigenvalue weighted by Gasteiger charge is -2.14. The molecule has 0 aliphatic heterocycles. The van der Waals surface area contributed by atoms with E-state index in [1.165, 1.54) is 7.11 Å². The molecule has 1 aromatic rings. The monoisotopic (exact) mass is 315 g/mol. The van der Waals surface area contributed by atoms with E-state index in [0.29, 0.717) is 19.4 Å². The molecule has 7 heteroatoms. The van der Waals surface area contributed by atoms with E-state index in [1.54, 1.807) is 0 Å². The third-order valence-corrected chi connectivity index (χ3v) is 4.42. The Morgan fingerprint density at radius 1 is 1.33 bits per heavy atom. The lowest BCUT2D eigenvalue weighted by atomic mass is 10.1. The maximum Gasteiger partial charge on any atom is 0.321 e. The van der Waals surface area contributed by atoms with Crippen LogP contribution in [0.5, 0.6) is 0 Å². The molecule has 0 aromatic heterocycles. The molecule has 21 heavy (non-hydrogen) atoms. The maximum absolute atomic E-state index is 11.8. The maximum atomic E-state index is 11.8. The minimum Gasteiger partial charge on any atom is -0.480 e. The third kappa shape index (κ3) is 7.22. The van der Waals surface area contributed by atoms with Crippen molar-refractivity contribution >= 4 is 16.0 Å². The molecule has 1 atom stereocenters. The van der Waals surface area contributed by atoms with E-state index in [2.05, 4.69) is 4.72 Å². The fourth-order valence-electron chi connectivity index (χ4n) is 1.86. The van der Waals surface area contributed by atoms with Gasteiger partial charge >= 0.3 is 5.97 Å². The zero-order chi connectivity index (χ0) is 15.7. The van der Waals surface area contributed by atoms with Crippen molar-refractivity contribution in [2.45, 2.75) is 25.3 Å². The van der Waals surface area contributed by atoms with Crippen LogP contribution in [0.3, 0.4) is 0 Å². The summed E-state index contributed by atoms with van der Waals surface area (Å²) in [6, 6.07) is 8.24. The zero-order valence-corrected chi connectivity index (χ0v) is 12.8. The first-order valence-electron chi connectivity index (χ1n) is 6.70. The number of carboxylic acid groups (broad SMARTS) is 1. The highest BCUT2D eigenvalue weighted by atomic mass is 32.2. The van der Waals surface area contributed by atoms with Gasteiger partial charge in [-0.05, 0) is 24.8 Å². The predicted molar refractivity (Wildman–Crippen MR) is 79.6 cm³/mol. The number of carboxylic acids is 1. The molecule has 0 unspecified atom stereocenters. The summed E-state index contributed by atoms with van der Waals surface area (Å²) in [5, 5.41) is 9.13. The van der Waals surface area contributed by atoms with Crippen molar-refractivity contribution in [2.24, 2.45) is 0 Å². The largest absolute Gasteiger partial charge is 0.480 e. The fraction of sp³-hybridized carbons (Fsp3) is 0.500. The standard InChI is InChI=1S/C14H21NO5S/c1-20-10-5-11-21(18,19)15-13(14(16)17)9-8-12-6-3-2-4-7-12/h2-4,6-7,13,15H,5,8-11H2,1H3,(H,16,17)/t13-/m0/s1. The molecule has 0 spiro atoms. The number of nitrogens with one attached hydrogen (secondary N) is 1. The van der Waals surface area contributed by atoms with Crippen LogP contribution >= 0.6 is 0 Å². The quantitative estimate of drug-likeness (QED) is 0.629. The van der Waals surface area contributed by atoms with Crippen molar-refractivity contribution < 1.29 is 23.1 Å². The van der Waals surface area contributed by atoms with Gasteiger partial charge in [-0.15, -0.1) is 0 Å². The van der Waals surface area contributed by atoms with Crippen LogP contribution < -0.4 is 4.72 Å². The number of benzene rings is 1. The van der Waals surface area contributed by atoms with Gasteiger partial charge in [-0.3, -0.25) is 4.79 Å². The highest BCUT2D eigenvalue weighted by Crippen LogP contribution is 2.06. The van der Waals surface area contributed by atoms with Crippen LogP contribution in [0.2, 0.25) is 0 Å². The van der Waals surface area contributed by atoms with Crippen LogP contribution in [0, 0.1) is 0 Å². The van der Waals surface area contributed by atoms with Crippen molar-refractivity contribution in [3.8, 4) is 0 Å². The van der Waals surface area contributed by atoms with Crippen molar-refractivity contribution in [3.63, 3.8) is 0 Å². The Bertz CT molecular complexity index is 530. The summed E-state index contributed by atoms with van der Waals surface area (Å²) in [4.78, 5) is 11.2. The number of carbonyl (C=O) groups is 1. The van der Waals surface area contributed by atoms with Gasteiger partial charge < -0.3 is 9.84 Å². The van der Waals surface area contributed by atoms with E-state index in [-0.39, 0.29) is 12.2 Å². The van der Waals surface area contributed by atoms with Crippen LogP contribution in [0.1, 0.15) is 18.4 Å². The number of ether oxygens (including phenoxy) is 1. The van der Waals surface area contributed by atoms with E-state index in [4.69, 9.17) is 9.84 Å². The molecule has 2 N–H and O–H groups in total. The summed E-state index contributed by atoms with van der Waals surface area (Å²) in [6.07, 6.45) is 1.04. The number of aliphatic carboxylic acids is 1. The van der Waals surface area contributed by atoms with Gasteiger partial charge in [0.2, 0.25) is 10.0 Å². The number of hydrogen-bond donors (Lipinski definition) is 2. The van der Waals surface area contributed by atoms with E-state index in [9.17, 15) is 13.2 Å². The van der Waals surface area contributed by atoms with Crippen LogP contribution in [-0.2, 0) is 26.0 Å². The molecule has 0 saturated carbocycles. The van der Waals surface area contributed by atoms with Gasteiger partial charge in [-0.25, -0.2) is 13.1 Å². The van der Waals surface area contributed by atoms with Gasteiger partial charge in [0.1, 0.15) is 6.04 Å². The van der Waals surface area contributed by atoms with Crippen LogP contribution in [0.15, 0.2) is 30.3 Å². The third-order valence-electron chi connectivity index (χ3n) is 2.95. The SMILES string of the molecule is COCCCS(=O)(=O)N[C@@H](CCc1ccccc1)C(=O)O. The molecular weight excluding hydrogens is 294 g/mol. The molecule has 0 radical (unpaired) electrons. The molecule has 0 amide bonds. The predicted octanol–water partition coefficient (Wildman–Crippen LogP) is 1.03. The second-order valence-electron chi connectivity index (χ2n) is 4.70. The van der Waals surface area contributed by atoms with Crippen molar-refractivity contribution in [3.05, 3.63) is 35.9 Å². The topological polar surface area (TPSA) is 92.7 Å². The number of rotatable bonds is 10. The molecule has 0 bridgehead atoms. The summed E-state index contributed by atoms with van der Waals surface area (Å²) in [7, 11) is -2.13. The van der Waals surface area contributed by atoms with Gasteiger partial charge in [-0.1, -0.05) is 30.3 Å². The van der Waals surface area contributed by atoms with Crippen LogP contribution in [0.25, 0.3) is 0 Å². The number of methoxy groups -OCH3 is 1. The molecule has 0 fully saturated rings. The number of hydrogen-bond acceptors (Lipinski definition) is 4. The van der Waals surface area contributed by atoms with Gasteiger partial charge in [-0.2, -0.15) is 0 Å². The number of aryl methyl sites for hydroxylation is 1. The highest BCUT2D eigenvalue weighted by molar-refractivity contribution is 7.89. The van der Waals surface area contributed by atoms with Gasteiger partial charge in [0.15, 0.2) is 0 Å². The van der Waals surface area contributed by atoms with E-state index in [0.717, 1.165) is 5.56 Å². The Kier molecular flexibility index (Phi) is 7.35. The van der Waals surface area contributed by atoms with Gasteiger partial charge in [0.05, 0.1) is 5.75 Å². The Morgan fingerprint density at radius 2 is 2.00 bits per heavy atom.